The van der Waals surface area contributed by atoms with E-state index in [9.17, 15) is 0 Å². The van der Waals surface area contributed by atoms with Crippen LogP contribution in [0.15, 0.2) is 41.6 Å². The van der Waals surface area contributed by atoms with Crippen LogP contribution in [0.1, 0.15) is 5.69 Å². The molecule has 2 heterocycles. The Labute approximate surface area is 76.9 Å². The highest BCUT2D eigenvalue weighted by Gasteiger charge is 2.03. The third-order valence-electron chi connectivity index (χ3n) is 1.79. The van der Waals surface area contributed by atoms with Gasteiger partial charge in [-0.25, -0.2) is 4.99 Å². The lowest BCUT2D eigenvalue weighted by atomic mass is 10.5. The summed E-state index contributed by atoms with van der Waals surface area (Å²) in [6.07, 6.45) is 3.80. The van der Waals surface area contributed by atoms with E-state index in [0.717, 1.165) is 23.0 Å². The maximum Gasteiger partial charge on any atom is 0.132 e. The van der Waals surface area contributed by atoms with Crippen LogP contribution in [-0.2, 0) is 0 Å². The number of amidine groups is 1. The largest absolute Gasteiger partial charge is 0.344 e. The molecule has 2 rings (SSSR count). The minimum atomic E-state index is 0.826. The molecule has 0 saturated heterocycles. The van der Waals surface area contributed by atoms with Gasteiger partial charge in [0.2, 0.25) is 0 Å². The van der Waals surface area contributed by atoms with Gasteiger partial charge in [0.05, 0.1) is 0 Å². The van der Waals surface area contributed by atoms with Crippen molar-refractivity contribution in [3.63, 3.8) is 0 Å². The van der Waals surface area contributed by atoms with Gasteiger partial charge in [0.25, 0.3) is 0 Å². The molecule has 0 saturated carbocycles. The summed E-state index contributed by atoms with van der Waals surface area (Å²) in [5.41, 5.74) is 1.99. The number of aromatic nitrogens is 1. The van der Waals surface area contributed by atoms with Gasteiger partial charge >= 0.3 is 0 Å². The van der Waals surface area contributed by atoms with Gasteiger partial charge in [-0.05, 0) is 31.2 Å². The number of aryl methyl sites for hydroxylation is 1. The SMILES string of the molecule is C=C1C=CC(=Nc2ccc(C)[nH]2)N1. The van der Waals surface area contributed by atoms with Crippen molar-refractivity contribution in [3.8, 4) is 0 Å². The fraction of sp³-hybridized carbons (Fsp3) is 0.100. The predicted molar refractivity (Wildman–Crippen MR) is 54.0 cm³/mol. The summed E-state index contributed by atoms with van der Waals surface area (Å²) in [4.78, 5) is 7.46. The van der Waals surface area contributed by atoms with Crippen molar-refractivity contribution in [3.05, 3.63) is 42.3 Å². The smallest absolute Gasteiger partial charge is 0.132 e. The molecule has 0 aromatic carbocycles. The number of H-pyrrole nitrogens is 1. The molecule has 0 fully saturated rings. The van der Waals surface area contributed by atoms with Crippen LogP contribution in [-0.4, -0.2) is 10.8 Å². The van der Waals surface area contributed by atoms with E-state index in [0.29, 0.717) is 0 Å². The molecule has 0 amide bonds. The molecule has 0 bridgehead atoms. The van der Waals surface area contributed by atoms with Crippen LogP contribution in [0.5, 0.6) is 0 Å². The van der Waals surface area contributed by atoms with Crippen molar-refractivity contribution in [1.82, 2.24) is 10.3 Å². The predicted octanol–water partition coefficient (Wildman–Crippen LogP) is 2.03. The van der Waals surface area contributed by atoms with Crippen LogP contribution >= 0.6 is 0 Å². The van der Waals surface area contributed by atoms with Crippen LogP contribution in [0.25, 0.3) is 0 Å². The van der Waals surface area contributed by atoms with E-state index < -0.39 is 0 Å². The maximum absolute atomic E-state index is 4.33. The number of hydrogen-bond acceptors (Lipinski definition) is 1. The molecule has 0 spiro atoms. The average molecular weight is 173 g/mol. The van der Waals surface area contributed by atoms with E-state index in [1.807, 2.05) is 31.2 Å². The third-order valence-corrected chi connectivity index (χ3v) is 1.79. The standard InChI is InChI=1S/C10H11N3/c1-7-3-5-9(11-7)13-10-6-4-8(2)12-10/h3-6,12H,1H2,2H3,(H,11,13). The molecule has 1 aliphatic rings. The van der Waals surface area contributed by atoms with Gasteiger partial charge in [0.1, 0.15) is 11.7 Å². The highest BCUT2D eigenvalue weighted by atomic mass is 15.0. The van der Waals surface area contributed by atoms with E-state index in [4.69, 9.17) is 0 Å². The molecule has 1 aromatic rings. The first-order chi connectivity index (χ1) is 6.24. The Hall–Kier alpha value is -1.77. The lowest BCUT2D eigenvalue weighted by molar-refractivity contribution is 1.19. The second kappa shape index (κ2) is 2.94. The van der Waals surface area contributed by atoms with Crippen molar-refractivity contribution in [2.24, 2.45) is 4.99 Å². The maximum atomic E-state index is 4.33. The van der Waals surface area contributed by atoms with Crippen LogP contribution < -0.4 is 5.32 Å². The number of allylic oxidation sites excluding steroid dienone is 1. The molecule has 0 unspecified atom stereocenters. The fourth-order valence-electron chi connectivity index (χ4n) is 1.18. The Morgan fingerprint density at radius 3 is 2.69 bits per heavy atom. The minimum Gasteiger partial charge on any atom is -0.344 e. The fourth-order valence-corrected chi connectivity index (χ4v) is 1.18. The number of rotatable bonds is 1. The zero-order valence-corrected chi connectivity index (χ0v) is 7.46. The number of nitrogens with zero attached hydrogens (tertiary/aromatic N) is 1. The first-order valence-electron chi connectivity index (χ1n) is 4.12. The normalized spacial score (nSPS) is 18.2. The van der Waals surface area contributed by atoms with E-state index in [2.05, 4.69) is 21.9 Å². The Kier molecular flexibility index (Phi) is 1.77. The van der Waals surface area contributed by atoms with E-state index in [1.165, 1.54) is 0 Å². The average Bonchev–Trinajstić information content (AvgIpc) is 2.62. The van der Waals surface area contributed by atoms with Gasteiger partial charge in [-0.2, -0.15) is 0 Å². The van der Waals surface area contributed by atoms with Crippen LogP contribution in [0, 0.1) is 6.92 Å². The first kappa shape index (κ1) is 7.86. The molecule has 2 N–H and O–H groups in total. The molecule has 3 heteroatoms. The van der Waals surface area contributed by atoms with Gasteiger partial charge < -0.3 is 10.3 Å². The first-order valence-corrected chi connectivity index (χ1v) is 4.12. The third kappa shape index (κ3) is 1.69. The molecule has 3 nitrogen and oxygen atoms in total. The van der Waals surface area contributed by atoms with Gasteiger partial charge in [-0.15, -0.1) is 0 Å². The van der Waals surface area contributed by atoms with Crippen molar-refractivity contribution in [2.45, 2.75) is 6.92 Å². The molecule has 0 radical (unpaired) electrons. The van der Waals surface area contributed by atoms with E-state index >= 15 is 0 Å². The lowest BCUT2D eigenvalue weighted by Crippen LogP contribution is -2.12. The monoisotopic (exact) mass is 173 g/mol. The zero-order chi connectivity index (χ0) is 9.26. The Morgan fingerprint density at radius 1 is 1.31 bits per heavy atom. The van der Waals surface area contributed by atoms with Gasteiger partial charge in [0, 0.05) is 11.4 Å². The van der Waals surface area contributed by atoms with Crippen LogP contribution in [0.3, 0.4) is 0 Å². The van der Waals surface area contributed by atoms with Gasteiger partial charge in [0.15, 0.2) is 0 Å². The highest BCUT2D eigenvalue weighted by molar-refractivity contribution is 5.99. The van der Waals surface area contributed by atoms with Gasteiger partial charge in [-0.1, -0.05) is 6.58 Å². The van der Waals surface area contributed by atoms with Crippen LogP contribution in [0.4, 0.5) is 5.82 Å². The van der Waals surface area contributed by atoms with Crippen molar-refractivity contribution in [2.75, 3.05) is 0 Å². The van der Waals surface area contributed by atoms with Crippen LogP contribution in [0.2, 0.25) is 0 Å². The van der Waals surface area contributed by atoms with Gasteiger partial charge in [-0.3, -0.25) is 0 Å². The summed E-state index contributed by atoms with van der Waals surface area (Å²) >= 11 is 0. The number of hydrogen-bond donors (Lipinski definition) is 2. The molecule has 13 heavy (non-hydrogen) atoms. The second-order valence-electron chi connectivity index (χ2n) is 3.01. The summed E-state index contributed by atoms with van der Waals surface area (Å²) in [6.45, 7) is 5.76. The molecular formula is C10H11N3. The van der Waals surface area contributed by atoms with E-state index in [-0.39, 0.29) is 0 Å². The highest BCUT2D eigenvalue weighted by Crippen LogP contribution is 2.11. The molecule has 66 valence electrons. The Balaban J connectivity index is 2.22. The molecule has 1 aromatic heterocycles. The lowest BCUT2D eigenvalue weighted by Gasteiger charge is -1.96. The molecule has 1 aliphatic heterocycles. The van der Waals surface area contributed by atoms with E-state index in [1.54, 1.807) is 0 Å². The van der Waals surface area contributed by atoms with Crippen molar-refractivity contribution < 1.29 is 0 Å². The molecular weight excluding hydrogens is 162 g/mol. The number of aromatic amines is 1. The topological polar surface area (TPSA) is 40.2 Å². The second-order valence-corrected chi connectivity index (χ2v) is 3.01. The minimum absolute atomic E-state index is 0.826. The molecule has 0 aliphatic carbocycles. The quantitative estimate of drug-likeness (QED) is 0.670. The Bertz CT molecular complexity index is 396. The summed E-state index contributed by atoms with van der Waals surface area (Å²) in [6, 6.07) is 3.94. The Morgan fingerprint density at radius 2 is 2.15 bits per heavy atom. The van der Waals surface area contributed by atoms with Crippen molar-refractivity contribution >= 4 is 11.7 Å². The molecule has 0 atom stereocenters. The summed E-state index contributed by atoms with van der Waals surface area (Å²) in [5.74, 6) is 1.69. The summed E-state index contributed by atoms with van der Waals surface area (Å²) in [7, 11) is 0. The van der Waals surface area contributed by atoms with Crippen molar-refractivity contribution in [1.29, 1.82) is 0 Å². The number of aliphatic imine (C=N–C) groups is 1. The zero-order valence-electron chi connectivity index (χ0n) is 7.46. The summed E-state index contributed by atoms with van der Waals surface area (Å²) < 4.78 is 0. The summed E-state index contributed by atoms with van der Waals surface area (Å²) in [5, 5.41) is 3.04. The number of nitrogens with one attached hydrogen (secondary N) is 2.